The zero-order valence-electron chi connectivity index (χ0n) is 18.6. The van der Waals surface area contributed by atoms with Gasteiger partial charge >= 0.3 is 5.97 Å². The van der Waals surface area contributed by atoms with Gasteiger partial charge in [0.05, 0.1) is 27.1 Å². The molecule has 32 heavy (non-hydrogen) atoms. The number of ether oxygens (including phenoxy) is 2. The molecule has 1 atom stereocenters. The first-order chi connectivity index (χ1) is 15.4. The average Bonchev–Trinajstić information content (AvgIpc) is 3.23. The fourth-order valence-corrected chi connectivity index (χ4v) is 4.62. The van der Waals surface area contributed by atoms with Crippen molar-refractivity contribution in [2.45, 2.75) is 57.2 Å². The molecule has 1 aliphatic carbocycles. The van der Waals surface area contributed by atoms with Gasteiger partial charge in [0.25, 0.3) is 5.91 Å². The molecule has 0 bridgehead atoms. The van der Waals surface area contributed by atoms with E-state index in [1.54, 1.807) is 35.8 Å². The molecule has 0 saturated heterocycles. The number of hydrogen-bond acceptors (Lipinski definition) is 6. The number of rotatable bonds is 5. The smallest absolute Gasteiger partial charge is 0.359 e. The lowest BCUT2D eigenvalue weighted by Gasteiger charge is -2.44. The SMILES string of the molecule is COC(=O)c1ncn2c1C(=O)N(c1cccc(OC)c1)[C@@](C)(C(=O)NC1CCCCC1)C2. The first kappa shape index (κ1) is 21.9. The van der Waals surface area contributed by atoms with E-state index in [0.717, 1.165) is 25.7 Å². The van der Waals surface area contributed by atoms with Crippen LogP contribution in [0.15, 0.2) is 30.6 Å². The largest absolute Gasteiger partial charge is 0.497 e. The summed E-state index contributed by atoms with van der Waals surface area (Å²) in [5.41, 5.74) is -0.705. The Balaban J connectivity index is 1.79. The molecule has 1 aromatic heterocycles. The Labute approximate surface area is 186 Å². The average molecular weight is 441 g/mol. The number of imidazole rings is 1. The minimum Gasteiger partial charge on any atom is -0.497 e. The second kappa shape index (κ2) is 8.64. The lowest BCUT2D eigenvalue weighted by molar-refractivity contribution is -0.127. The molecular weight excluding hydrogens is 412 g/mol. The number of anilines is 1. The highest BCUT2D eigenvalue weighted by atomic mass is 16.5. The Bertz CT molecular complexity index is 1040. The van der Waals surface area contributed by atoms with E-state index >= 15 is 0 Å². The van der Waals surface area contributed by atoms with E-state index in [2.05, 4.69) is 10.3 Å². The van der Waals surface area contributed by atoms with Crippen molar-refractivity contribution in [3.05, 3.63) is 42.0 Å². The number of benzene rings is 1. The lowest BCUT2D eigenvalue weighted by Crippen LogP contribution is -2.65. The van der Waals surface area contributed by atoms with Gasteiger partial charge in [0, 0.05) is 17.8 Å². The van der Waals surface area contributed by atoms with Crippen molar-refractivity contribution >= 4 is 23.5 Å². The predicted octanol–water partition coefficient (Wildman–Crippen LogP) is 2.55. The van der Waals surface area contributed by atoms with Crippen LogP contribution in [-0.2, 0) is 16.1 Å². The summed E-state index contributed by atoms with van der Waals surface area (Å²) in [6, 6.07) is 7.06. The fraction of sp³-hybridized carbons (Fsp3) is 0.478. The highest BCUT2D eigenvalue weighted by Crippen LogP contribution is 2.35. The van der Waals surface area contributed by atoms with Crippen LogP contribution in [-0.4, -0.2) is 53.1 Å². The molecular formula is C23H28N4O5. The van der Waals surface area contributed by atoms with Crippen molar-refractivity contribution in [2.75, 3.05) is 19.1 Å². The van der Waals surface area contributed by atoms with Crippen LogP contribution < -0.4 is 15.0 Å². The summed E-state index contributed by atoms with van der Waals surface area (Å²) in [7, 11) is 2.78. The van der Waals surface area contributed by atoms with Gasteiger partial charge in [0.2, 0.25) is 5.91 Å². The Kier molecular flexibility index (Phi) is 5.90. The maximum Gasteiger partial charge on any atom is 0.359 e. The second-order valence-electron chi connectivity index (χ2n) is 8.49. The zero-order valence-corrected chi connectivity index (χ0v) is 18.6. The fourth-order valence-electron chi connectivity index (χ4n) is 4.62. The standard InChI is InChI=1S/C23H28N4O5/c1-23(22(30)25-15-8-5-4-6-9-15)13-26-14-24-18(21(29)32-3)19(26)20(28)27(23)16-10-7-11-17(12-16)31-2/h7,10-12,14-15H,4-6,8-9,13H2,1-3H3,(H,25,30)/t23-/m1/s1. The number of methoxy groups -OCH3 is 2. The summed E-state index contributed by atoms with van der Waals surface area (Å²) in [6.07, 6.45) is 6.60. The van der Waals surface area contributed by atoms with Crippen LogP contribution in [0, 0.1) is 0 Å². The third-order valence-corrected chi connectivity index (χ3v) is 6.33. The molecule has 1 aromatic carbocycles. The molecule has 170 valence electrons. The third kappa shape index (κ3) is 3.72. The van der Waals surface area contributed by atoms with Crippen molar-refractivity contribution in [3.8, 4) is 5.75 Å². The summed E-state index contributed by atoms with van der Waals surface area (Å²) in [5, 5.41) is 3.16. The molecule has 4 rings (SSSR count). The van der Waals surface area contributed by atoms with Crippen molar-refractivity contribution in [3.63, 3.8) is 0 Å². The molecule has 0 unspecified atom stereocenters. The summed E-state index contributed by atoms with van der Waals surface area (Å²) in [6.45, 7) is 1.89. The van der Waals surface area contributed by atoms with Crippen LogP contribution in [0.5, 0.6) is 5.75 Å². The van der Waals surface area contributed by atoms with Crippen LogP contribution in [0.4, 0.5) is 5.69 Å². The predicted molar refractivity (Wildman–Crippen MR) is 117 cm³/mol. The maximum absolute atomic E-state index is 13.8. The summed E-state index contributed by atoms with van der Waals surface area (Å²) in [4.78, 5) is 45.2. The number of hydrogen-bond donors (Lipinski definition) is 1. The number of aromatic nitrogens is 2. The van der Waals surface area contributed by atoms with Gasteiger partial charge in [-0.15, -0.1) is 0 Å². The van der Waals surface area contributed by atoms with E-state index in [1.165, 1.54) is 31.9 Å². The van der Waals surface area contributed by atoms with Crippen molar-refractivity contribution in [2.24, 2.45) is 0 Å². The molecule has 1 fully saturated rings. The maximum atomic E-state index is 13.8. The highest BCUT2D eigenvalue weighted by Gasteiger charge is 2.50. The minimum absolute atomic E-state index is 0.0693. The Hall–Kier alpha value is -3.36. The van der Waals surface area contributed by atoms with E-state index in [4.69, 9.17) is 9.47 Å². The number of esters is 1. The summed E-state index contributed by atoms with van der Waals surface area (Å²) in [5.74, 6) is -0.881. The molecule has 1 aliphatic heterocycles. The minimum atomic E-state index is -1.23. The Morgan fingerprint density at radius 1 is 1.19 bits per heavy atom. The zero-order chi connectivity index (χ0) is 22.9. The quantitative estimate of drug-likeness (QED) is 0.717. The molecule has 9 nitrogen and oxygen atoms in total. The van der Waals surface area contributed by atoms with Crippen molar-refractivity contribution in [1.82, 2.24) is 14.9 Å². The third-order valence-electron chi connectivity index (χ3n) is 6.33. The molecule has 2 heterocycles. The number of carbonyl (C=O) groups is 3. The molecule has 2 aromatic rings. The number of fused-ring (bicyclic) bond motifs is 1. The van der Waals surface area contributed by atoms with Gasteiger partial charge in [0.15, 0.2) is 5.69 Å². The molecule has 0 spiro atoms. The van der Waals surface area contributed by atoms with Gasteiger partial charge in [-0.05, 0) is 31.9 Å². The monoisotopic (exact) mass is 440 g/mol. The Morgan fingerprint density at radius 3 is 2.62 bits per heavy atom. The van der Waals surface area contributed by atoms with Crippen LogP contribution in [0.3, 0.4) is 0 Å². The molecule has 0 radical (unpaired) electrons. The van der Waals surface area contributed by atoms with Gasteiger partial charge in [-0.1, -0.05) is 25.3 Å². The molecule has 2 aliphatic rings. The number of nitrogens with one attached hydrogen (secondary N) is 1. The lowest BCUT2D eigenvalue weighted by atomic mass is 9.90. The van der Waals surface area contributed by atoms with E-state index in [9.17, 15) is 14.4 Å². The first-order valence-electron chi connectivity index (χ1n) is 10.8. The van der Waals surface area contributed by atoms with Crippen molar-refractivity contribution < 1.29 is 23.9 Å². The highest BCUT2D eigenvalue weighted by molar-refractivity contribution is 6.15. The normalized spacial score (nSPS) is 21.1. The van der Waals surface area contributed by atoms with Gasteiger partial charge in [-0.25, -0.2) is 9.78 Å². The van der Waals surface area contributed by atoms with Gasteiger partial charge < -0.3 is 19.4 Å². The van der Waals surface area contributed by atoms with Crippen LogP contribution in [0.1, 0.15) is 60.0 Å². The van der Waals surface area contributed by atoms with Crippen molar-refractivity contribution in [1.29, 1.82) is 0 Å². The number of amides is 2. The Morgan fingerprint density at radius 2 is 1.94 bits per heavy atom. The molecule has 2 amide bonds. The number of carbonyl (C=O) groups excluding carboxylic acids is 3. The molecule has 9 heteroatoms. The second-order valence-corrected chi connectivity index (χ2v) is 8.49. The first-order valence-corrected chi connectivity index (χ1v) is 10.8. The van der Waals surface area contributed by atoms with Gasteiger partial charge in [-0.2, -0.15) is 0 Å². The van der Waals surface area contributed by atoms with Crippen LogP contribution in [0.2, 0.25) is 0 Å². The van der Waals surface area contributed by atoms with Crippen LogP contribution >= 0.6 is 0 Å². The molecule has 1 saturated carbocycles. The van der Waals surface area contributed by atoms with E-state index in [-0.39, 0.29) is 29.9 Å². The topological polar surface area (TPSA) is 103 Å². The summed E-state index contributed by atoms with van der Waals surface area (Å²) < 4.78 is 11.7. The van der Waals surface area contributed by atoms with E-state index < -0.39 is 17.4 Å². The summed E-state index contributed by atoms with van der Waals surface area (Å²) >= 11 is 0. The van der Waals surface area contributed by atoms with E-state index in [0.29, 0.717) is 11.4 Å². The van der Waals surface area contributed by atoms with Gasteiger partial charge in [-0.3, -0.25) is 14.5 Å². The van der Waals surface area contributed by atoms with E-state index in [1.807, 2.05) is 0 Å². The van der Waals surface area contributed by atoms with Crippen LogP contribution in [0.25, 0.3) is 0 Å². The molecule has 1 N–H and O–H groups in total. The van der Waals surface area contributed by atoms with Gasteiger partial charge in [0.1, 0.15) is 17.0 Å². The number of nitrogens with zero attached hydrogens (tertiary/aromatic N) is 3.